The molecule has 0 saturated carbocycles. The van der Waals surface area contributed by atoms with Crippen LogP contribution in [-0.4, -0.2) is 15.3 Å². The number of hydrogen-bond acceptors (Lipinski definition) is 3. The van der Waals surface area contributed by atoms with E-state index in [4.69, 9.17) is 0 Å². The second-order valence-electron chi connectivity index (χ2n) is 4.59. The highest BCUT2D eigenvalue weighted by Crippen LogP contribution is 2.24. The van der Waals surface area contributed by atoms with Gasteiger partial charge in [-0.3, -0.25) is 9.20 Å². The second kappa shape index (κ2) is 5.03. The summed E-state index contributed by atoms with van der Waals surface area (Å²) in [7, 11) is 0. The Morgan fingerprint density at radius 1 is 1.40 bits per heavy atom. The summed E-state index contributed by atoms with van der Waals surface area (Å²) < 4.78 is 2.78. The summed E-state index contributed by atoms with van der Waals surface area (Å²) in [6.07, 6.45) is 1.76. The topological polar surface area (TPSA) is 46.4 Å². The second-order valence-corrected chi connectivity index (χ2v) is 6.28. The molecule has 2 heterocycles. The first kappa shape index (κ1) is 13.3. The monoisotopic (exact) mass is 349 g/mol. The Bertz CT molecular complexity index is 806. The Kier molecular flexibility index (Phi) is 3.35. The molecule has 2 aromatic heterocycles. The lowest BCUT2D eigenvalue weighted by atomic mass is 10.2. The number of rotatable bonds is 2. The molecule has 0 saturated heterocycles. The highest BCUT2D eigenvalue weighted by atomic mass is 79.9. The zero-order chi connectivity index (χ0) is 14.3. The number of hydrogen-bond donors (Lipinski definition) is 1. The Labute approximate surface area is 128 Å². The molecule has 3 rings (SSSR count). The molecule has 0 aliphatic rings. The third-order valence-electron chi connectivity index (χ3n) is 2.99. The van der Waals surface area contributed by atoms with Gasteiger partial charge in [0, 0.05) is 21.7 Å². The van der Waals surface area contributed by atoms with Crippen molar-refractivity contribution < 1.29 is 4.79 Å². The minimum absolute atomic E-state index is 0.204. The molecule has 20 heavy (non-hydrogen) atoms. The molecule has 1 N–H and O–H groups in total. The van der Waals surface area contributed by atoms with Crippen LogP contribution in [0.5, 0.6) is 0 Å². The van der Waals surface area contributed by atoms with Crippen LogP contribution in [0.15, 0.2) is 34.2 Å². The number of fused-ring (bicyclic) bond motifs is 1. The minimum Gasteiger partial charge on any atom is -0.320 e. The molecule has 102 valence electrons. The number of aryl methyl sites for hydroxylation is 2. The number of nitrogens with one attached hydrogen (secondary N) is 1. The summed E-state index contributed by atoms with van der Waals surface area (Å²) in [5.74, 6) is -0.204. The van der Waals surface area contributed by atoms with Crippen molar-refractivity contribution in [3.05, 3.63) is 51.2 Å². The van der Waals surface area contributed by atoms with Gasteiger partial charge in [-0.25, -0.2) is 4.98 Å². The lowest BCUT2D eigenvalue weighted by molar-refractivity contribution is 0.102. The van der Waals surface area contributed by atoms with Gasteiger partial charge < -0.3 is 5.32 Å². The van der Waals surface area contributed by atoms with Crippen molar-refractivity contribution in [1.82, 2.24) is 9.38 Å². The van der Waals surface area contributed by atoms with Crippen molar-refractivity contribution in [1.29, 1.82) is 0 Å². The summed E-state index contributed by atoms with van der Waals surface area (Å²) in [6, 6.07) is 5.79. The van der Waals surface area contributed by atoms with Gasteiger partial charge in [0.2, 0.25) is 0 Å². The van der Waals surface area contributed by atoms with Gasteiger partial charge in [-0.2, -0.15) is 0 Å². The lowest BCUT2D eigenvalue weighted by Gasteiger charge is -2.06. The maximum Gasteiger partial charge on any atom is 0.275 e. The summed E-state index contributed by atoms with van der Waals surface area (Å²) in [4.78, 5) is 17.4. The average molecular weight is 350 g/mol. The number of nitrogens with zero attached hydrogens (tertiary/aromatic N) is 2. The van der Waals surface area contributed by atoms with Crippen molar-refractivity contribution in [2.75, 3.05) is 5.32 Å². The molecule has 0 radical (unpaired) electrons. The van der Waals surface area contributed by atoms with Crippen molar-refractivity contribution in [2.24, 2.45) is 0 Å². The summed E-state index contributed by atoms with van der Waals surface area (Å²) in [5, 5.41) is 4.88. The van der Waals surface area contributed by atoms with E-state index in [2.05, 4.69) is 26.2 Å². The lowest BCUT2D eigenvalue weighted by Crippen LogP contribution is -2.12. The van der Waals surface area contributed by atoms with Crippen LogP contribution in [0.1, 0.15) is 21.7 Å². The van der Waals surface area contributed by atoms with Gasteiger partial charge in [0.1, 0.15) is 5.69 Å². The largest absolute Gasteiger partial charge is 0.320 e. The van der Waals surface area contributed by atoms with E-state index in [9.17, 15) is 4.79 Å². The Balaban J connectivity index is 1.88. The predicted molar refractivity (Wildman–Crippen MR) is 84.6 cm³/mol. The van der Waals surface area contributed by atoms with Gasteiger partial charge in [-0.1, -0.05) is 6.07 Å². The van der Waals surface area contributed by atoms with Gasteiger partial charge >= 0.3 is 0 Å². The zero-order valence-electron chi connectivity index (χ0n) is 11.0. The third-order valence-corrected chi connectivity index (χ3v) is 4.61. The van der Waals surface area contributed by atoms with Crippen LogP contribution in [-0.2, 0) is 0 Å². The van der Waals surface area contributed by atoms with Crippen LogP contribution in [0.4, 0.5) is 5.69 Å². The quantitative estimate of drug-likeness (QED) is 0.759. The van der Waals surface area contributed by atoms with Gasteiger partial charge in [-0.15, -0.1) is 11.3 Å². The van der Waals surface area contributed by atoms with Gasteiger partial charge in [0.15, 0.2) is 4.96 Å². The first-order valence-electron chi connectivity index (χ1n) is 6.05. The number of halogens is 1. The number of benzene rings is 1. The number of anilines is 1. The van der Waals surface area contributed by atoms with Crippen molar-refractivity contribution in [3.8, 4) is 0 Å². The van der Waals surface area contributed by atoms with Crippen LogP contribution in [0.2, 0.25) is 0 Å². The van der Waals surface area contributed by atoms with E-state index in [1.807, 2.05) is 41.8 Å². The highest BCUT2D eigenvalue weighted by Gasteiger charge is 2.14. The smallest absolute Gasteiger partial charge is 0.275 e. The van der Waals surface area contributed by atoms with Crippen LogP contribution in [0.3, 0.4) is 0 Å². The number of imidazole rings is 1. The first-order chi connectivity index (χ1) is 9.54. The standard InChI is InChI=1S/C14H12BrN3OS/c1-8-3-4-11(10(15)5-8)16-13(19)12-6-18-9(2)7-20-14(18)17-12/h3-7H,1-2H3,(H,16,19). The number of amides is 1. The van der Waals surface area contributed by atoms with E-state index in [-0.39, 0.29) is 5.91 Å². The molecular weight excluding hydrogens is 338 g/mol. The molecule has 0 aliphatic carbocycles. The molecule has 0 fully saturated rings. The number of carbonyl (C=O) groups excluding carboxylic acids is 1. The van der Waals surface area contributed by atoms with Crippen molar-refractivity contribution >= 4 is 43.8 Å². The molecule has 4 nitrogen and oxygen atoms in total. The maximum atomic E-state index is 12.2. The third kappa shape index (κ3) is 2.36. The SMILES string of the molecule is Cc1ccc(NC(=O)c2cn3c(C)csc3n2)c(Br)c1. The first-order valence-corrected chi connectivity index (χ1v) is 7.72. The maximum absolute atomic E-state index is 12.2. The van der Waals surface area contributed by atoms with Gasteiger partial charge in [0.25, 0.3) is 5.91 Å². The zero-order valence-corrected chi connectivity index (χ0v) is 13.4. The molecular formula is C14H12BrN3OS. The molecule has 0 spiro atoms. The minimum atomic E-state index is -0.204. The Hall–Kier alpha value is -1.66. The van der Waals surface area contributed by atoms with E-state index in [1.54, 1.807) is 6.20 Å². The number of carbonyl (C=O) groups is 1. The molecule has 0 aliphatic heterocycles. The van der Waals surface area contributed by atoms with Crippen LogP contribution >= 0.6 is 27.3 Å². The van der Waals surface area contributed by atoms with Gasteiger partial charge in [0.05, 0.1) is 5.69 Å². The molecule has 6 heteroatoms. The van der Waals surface area contributed by atoms with E-state index in [1.165, 1.54) is 11.3 Å². The summed E-state index contributed by atoms with van der Waals surface area (Å²) in [5.41, 5.74) is 3.38. The van der Waals surface area contributed by atoms with Crippen LogP contribution in [0, 0.1) is 13.8 Å². The number of thiazole rings is 1. The predicted octanol–water partition coefficient (Wildman–Crippen LogP) is 4.03. The fourth-order valence-corrected chi connectivity index (χ4v) is 3.35. The normalized spacial score (nSPS) is 10.9. The molecule has 1 aromatic carbocycles. The fraction of sp³-hybridized carbons (Fsp3) is 0.143. The Morgan fingerprint density at radius 3 is 2.90 bits per heavy atom. The molecule has 0 bridgehead atoms. The fourth-order valence-electron chi connectivity index (χ4n) is 1.91. The summed E-state index contributed by atoms with van der Waals surface area (Å²) in [6.45, 7) is 3.99. The summed E-state index contributed by atoms with van der Waals surface area (Å²) >= 11 is 4.97. The van der Waals surface area contributed by atoms with Crippen molar-refractivity contribution in [3.63, 3.8) is 0 Å². The van der Waals surface area contributed by atoms with Crippen LogP contribution < -0.4 is 5.32 Å². The molecule has 3 aromatic rings. The molecule has 1 amide bonds. The molecule has 0 unspecified atom stereocenters. The van der Waals surface area contributed by atoms with Crippen LogP contribution in [0.25, 0.3) is 4.96 Å². The Morgan fingerprint density at radius 2 is 2.20 bits per heavy atom. The highest BCUT2D eigenvalue weighted by molar-refractivity contribution is 9.10. The van der Waals surface area contributed by atoms with E-state index in [0.29, 0.717) is 5.69 Å². The van der Waals surface area contributed by atoms with E-state index in [0.717, 1.165) is 26.4 Å². The van der Waals surface area contributed by atoms with Gasteiger partial charge in [-0.05, 0) is 47.5 Å². The van der Waals surface area contributed by atoms with Crippen molar-refractivity contribution in [2.45, 2.75) is 13.8 Å². The molecule has 0 atom stereocenters. The van der Waals surface area contributed by atoms with E-state index >= 15 is 0 Å². The van der Waals surface area contributed by atoms with E-state index < -0.39 is 0 Å². The average Bonchev–Trinajstić information content (AvgIpc) is 2.96. The number of aromatic nitrogens is 2.